The maximum atomic E-state index is 12.3. The molecule has 23 heavy (non-hydrogen) atoms. The summed E-state index contributed by atoms with van der Waals surface area (Å²) in [7, 11) is 1.71. The predicted molar refractivity (Wildman–Crippen MR) is 83.0 cm³/mol. The van der Waals surface area contributed by atoms with Crippen LogP contribution in [-0.2, 0) is 24.4 Å². The van der Waals surface area contributed by atoms with Crippen LogP contribution in [0.15, 0.2) is 12.4 Å². The minimum absolute atomic E-state index is 0.00376. The Kier molecular flexibility index (Phi) is 4.83. The first-order chi connectivity index (χ1) is 10.8. The number of aryl methyl sites for hydroxylation is 2. The molecule has 0 spiro atoms. The normalized spacial score (nSPS) is 10.8. The second kappa shape index (κ2) is 6.64. The van der Waals surface area contributed by atoms with Gasteiger partial charge < -0.3 is 10.0 Å². The van der Waals surface area contributed by atoms with Crippen LogP contribution in [0.1, 0.15) is 34.2 Å². The highest BCUT2D eigenvalue weighted by molar-refractivity contribution is 5.87. The molecule has 0 aliphatic rings. The fraction of sp³-hybridized carbons (Fsp3) is 0.467. The highest BCUT2D eigenvalue weighted by Gasteiger charge is 2.17. The number of carbonyl (C=O) groups is 2. The lowest BCUT2D eigenvalue weighted by Gasteiger charge is -2.17. The Morgan fingerprint density at radius 2 is 2.04 bits per heavy atom. The number of likely N-dealkylation sites (N-methyl/N-ethyl adjacent to an activating group) is 1. The molecule has 124 valence electrons. The Morgan fingerprint density at radius 1 is 1.35 bits per heavy atom. The SMILES string of the molecule is CCn1nc(C)c(CN(C)C(=O)Cn2cc(C(=O)O)cn2)c1C. The lowest BCUT2D eigenvalue weighted by molar-refractivity contribution is -0.131. The zero-order valence-corrected chi connectivity index (χ0v) is 13.8. The second-order valence-corrected chi connectivity index (χ2v) is 5.45. The van der Waals surface area contributed by atoms with Gasteiger partial charge in [-0.25, -0.2) is 4.79 Å². The van der Waals surface area contributed by atoms with Gasteiger partial charge in [0, 0.05) is 37.6 Å². The maximum absolute atomic E-state index is 12.3. The Bertz CT molecular complexity index is 732. The largest absolute Gasteiger partial charge is 0.478 e. The van der Waals surface area contributed by atoms with E-state index in [-0.39, 0.29) is 18.0 Å². The summed E-state index contributed by atoms with van der Waals surface area (Å²) in [6.45, 7) is 7.20. The van der Waals surface area contributed by atoms with Crippen LogP contribution in [-0.4, -0.2) is 48.5 Å². The number of carbonyl (C=O) groups excluding carboxylic acids is 1. The van der Waals surface area contributed by atoms with E-state index in [1.54, 1.807) is 11.9 Å². The third kappa shape index (κ3) is 3.58. The summed E-state index contributed by atoms with van der Waals surface area (Å²) in [5, 5.41) is 17.2. The van der Waals surface area contributed by atoms with Gasteiger partial charge in [-0.15, -0.1) is 0 Å². The van der Waals surface area contributed by atoms with E-state index < -0.39 is 5.97 Å². The molecule has 0 aromatic carbocycles. The summed E-state index contributed by atoms with van der Waals surface area (Å²) >= 11 is 0. The molecular weight excluding hydrogens is 298 g/mol. The lowest BCUT2D eigenvalue weighted by atomic mass is 10.2. The molecule has 0 radical (unpaired) electrons. The van der Waals surface area contributed by atoms with E-state index in [4.69, 9.17) is 5.11 Å². The van der Waals surface area contributed by atoms with Gasteiger partial charge in [0.05, 0.1) is 17.5 Å². The van der Waals surface area contributed by atoms with Crippen LogP contribution < -0.4 is 0 Å². The molecule has 1 N–H and O–H groups in total. The van der Waals surface area contributed by atoms with Crippen molar-refractivity contribution in [2.24, 2.45) is 0 Å². The smallest absolute Gasteiger partial charge is 0.338 e. The maximum Gasteiger partial charge on any atom is 0.338 e. The first-order valence-electron chi connectivity index (χ1n) is 7.36. The molecule has 8 nitrogen and oxygen atoms in total. The number of hydrogen-bond acceptors (Lipinski definition) is 4. The number of hydrogen-bond donors (Lipinski definition) is 1. The molecule has 2 aromatic rings. The molecule has 0 atom stereocenters. The third-order valence-electron chi connectivity index (χ3n) is 3.83. The highest BCUT2D eigenvalue weighted by atomic mass is 16.4. The Hall–Kier alpha value is -2.64. The van der Waals surface area contributed by atoms with Crippen LogP contribution in [0.2, 0.25) is 0 Å². The fourth-order valence-corrected chi connectivity index (χ4v) is 2.42. The standard InChI is InChI=1S/C15H21N5O3/c1-5-20-11(3)13(10(2)17-20)8-18(4)14(21)9-19-7-12(6-16-19)15(22)23/h6-7H,5,8-9H2,1-4H3,(H,22,23). The first kappa shape index (κ1) is 16.7. The number of rotatable bonds is 6. The average Bonchev–Trinajstić information content (AvgIpc) is 3.06. The number of carboxylic acids is 1. The van der Waals surface area contributed by atoms with Crippen LogP contribution in [0.5, 0.6) is 0 Å². The molecule has 0 aliphatic carbocycles. The van der Waals surface area contributed by atoms with Crippen molar-refractivity contribution in [2.45, 2.75) is 40.4 Å². The summed E-state index contributed by atoms with van der Waals surface area (Å²) in [6.07, 6.45) is 2.58. The molecule has 0 bridgehead atoms. The fourth-order valence-electron chi connectivity index (χ4n) is 2.42. The van der Waals surface area contributed by atoms with Crippen molar-refractivity contribution >= 4 is 11.9 Å². The predicted octanol–water partition coefficient (Wildman–Crippen LogP) is 1.07. The van der Waals surface area contributed by atoms with Gasteiger partial charge in [-0.1, -0.05) is 0 Å². The van der Waals surface area contributed by atoms with Crippen molar-refractivity contribution in [1.29, 1.82) is 0 Å². The quantitative estimate of drug-likeness (QED) is 0.860. The van der Waals surface area contributed by atoms with Gasteiger partial charge in [0.1, 0.15) is 6.54 Å². The summed E-state index contributed by atoms with van der Waals surface area (Å²) in [5.41, 5.74) is 3.07. The molecule has 0 unspecified atom stereocenters. The summed E-state index contributed by atoms with van der Waals surface area (Å²) in [5.74, 6) is -1.21. The Morgan fingerprint density at radius 3 is 2.57 bits per heavy atom. The van der Waals surface area contributed by atoms with Gasteiger partial charge >= 0.3 is 5.97 Å². The van der Waals surface area contributed by atoms with Crippen molar-refractivity contribution in [2.75, 3.05) is 7.05 Å². The zero-order valence-electron chi connectivity index (χ0n) is 13.8. The lowest BCUT2D eigenvalue weighted by Crippen LogP contribution is -2.30. The van der Waals surface area contributed by atoms with E-state index in [0.717, 1.165) is 23.5 Å². The number of carboxylic acid groups (broad SMARTS) is 1. The Balaban J connectivity index is 2.05. The van der Waals surface area contributed by atoms with Gasteiger partial charge in [-0.2, -0.15) is 10.2 Å². The molecule has 0 fully saturated rings. The Labute approximate surface area is 134 Å². The molecule has 0 aliphatic heterocycles. The van der Waals surface area contributed by atoms with Gasteiger partial charge in [-0.3, -0.25) is 14.2 Å². The van der Waals surface area contributed by atoms with Crippen LogP contribution in [0.3, 0.4) is 0 Å². The van der Waals surface area contributed by atoms with E-state index in [2.05, 4.69) is 10.2 Å². The van der Waals surface area contributed by atoms with Crippen molar-refractivity contribution in [3.63, 3.8) is 0 Å². The number of aromatic carboxylic acids is 1. The van der Waals surface area contributed by atoms with Crippen LogP contribution in [0, 0.1) is 13.8 Å². The highest BCUT2D eigenvalue weighted by Crippen LogP contribution is 2.15. The number of aromatic nitrogens is 4. The van der Waals surface area contributed by atoms with Gasteiger partial charge in [0.25, 0.3) is 0 Å². The van der Waals surface area contributed by atoms with Crippen molar-refractivity contribution < 1.29 is 14.7 Å². The van der Waals surface area contributed by atoms with Crippen molar-refractivity contribution in [1.82, 2.24) is 24.5 Å². The molecule has 0 saturated carbocycles. The van der Waals surface area contributed by atoms with Gasteiger partial charge in [-0.05, 0) is 20.8 Å². The average molecular weight is 319 g/mol. The number of nitrogens with zero attached hydrogens (tertiary/aromatic N) is 5. The van der Waals surface area contributed by atoms with Crippen LogP contribution >= 0.6 is 0 Å². The van der Waals surface area contributed by atoms with Crippen molar-refractivity contribution in [3.8, 4) is 0 Å². The first-order valence-corrected chi connectivity index (χ1v) is 7.36. The molecule has 2 heterocycles. The minimum atomic E-state index is -1.06. The molecular formula is C15H21N5O3. The van der Waals surface area contributed by atoms with Crippen molar-refractivity contribution in [3.05, 3.63) is 34.9 Å². The summed E-state index contributed by atoms with van der Waals surface area (Å²) < 4.78 is 3.24. The van der Waals surface area contributed by atoms with Gasteiger partial charge in [0.15, 0.2) is 0 Å². The van der Waals surface area contributed by atoms with Crippen LogP contribution in [0.25, 0.3) is 0 Å². The molecule has 2 rings (SSSR count). The van der Waals surface area contributed by atoms with E-state index in [0.29, 0.717) is 6.54 Å². The topological polar surface area (TPSA) is 93.2 Å². The molecule has 0 saturated heterocycles. The van der Waals surface area contributed by atoms with E-state index in [1.165, 1.54) is 17.1 Å². The minimum Gasteiger partial charge on any atom is -0.478 e. The van der Waals surface area contributed by atoms with E-state index >= 15 is 0 Å². The molecule has 2 aromatic heterocycles. The molecule has 8 heteroatoms. The third-order valence-corrected chi connectivity index (χ3v) is 3.83. The summed E-state index contributed by atoms with van der Waals surface area (Å²) in [4.78, 5) is 24.7. The number of amides is 1. The summed E-state index contributed by atoms with van der Waals surface area (Å²) in [6, 6.07) is 0. The van der Waals surface area contributed by atoms with E-state index in [9.17, 15) is 9.59 Å². The molecule has 1 amide bonds. The monoisotopic (exact) mass is 319 g/mol. The second-order valence-electron chi connectivity index (χ2n) is 5.45. The van der Waals surface area contributed by atoms with Crippen LogP contribution in [0.4, 0.5) is 0 Å². The van der Waals surface area contributed by atoms with Gasteiger partial charge in [0.2, 0.25) is 5.91 Å². The van der Waals surface area contributed by atoms with E-state index in [1.807, 2.05) is 25.5 Å². The zero-order chi connectivity index (χ0) is 17.1.